The summed E-state index contributed by atoms with van der Waals surface area (Å²) in [7, 11) is 0. The van der Waals surface area contributed by atoms with Crippen molar-refractivity contribution in [3.8, 4) is 0 Å². The van der Waals surface area contributed by atoms with Crippen LogP contribution in [-0.2, 0) is 0 Å². The topological polar surface area (TPSA) is 20.2 Å². The van der Waals surface area contributed by atoms with Gasteiger partial charge < -0.3 is 5.11 Å². The molecule has 0 fully saturated rings. The molecule has 0 saturated heterocycles. The van der Waals surface area contributed by atoms with E-state index in [9.17, 15) is 17.6 Å². The number of hydrogen-bond acceptors (Lipinski definition) is 1. The second kappa shape index (κ2) is 3.57. The molecule has 0 aliphatic rings. The lowest BCUT2D eigenvalue weighted by atomic mass is 10.0. The average Bonchev–Trinajstić information content (AvgIpc) is 2.01. The van der Waals surface area contributed by atoms with E-state index in [0.29, 0.717) is 0 Å². The number of aliphatic hydroxyl groups excluding tert-OH is 1. The number of aliphatic hydroxyl groups is 1. The molecular weight excluding hydrogens is 200 g/mol. The Morgan fingerprint density at radius 1 is 1.29 bits per heavy atom. The van der Waals surface area contributed by atoms with Crippen LogP contribution in [0.15, 0.2) is 18.2 Å². The van der Waals surface area contributed by atoms with Crippen molar-refractivity contribution in [2.24, 2.45) is 0 Å². The Morgan fingerprint density at radius 3 is 2.29 bits per heavy atom. The van der Waals surface area contributed by atoms with Gasteiger partial charge in [-0.15, -0.1) is 0 Å². The fourth-order valence-corrected chi connectivity index (χ4v) is 1.15. The Morgan fingerprint density at radius 2 is 1.86 bits per heavy atom. The largest absolute Gasteiger partial charge is 0.418 e. The highest BCUT2D eigenvalue weighted by molar-refractivity contribution is 5.30. The Hall–Kier alpha value is -1.10. The van der Waals surface area contributed by atoms with E-state index >= 15 is 0 Å². The third-order valence-electron chi connectivity index (χ3n) is 1.85. The van der Waals surface area contributed by atoms with Gasteiger partial charge in [-0.05, 0) is 18.6 Å². The molecule has 0 unspecified atom stereocenters. The van der Waals surface area contributed by atoms with Crippen molar-refractivity contribution < 1.29 is 22.7 Å². The molecule has 0 spiro atoms. The molecule has 0 bridgehead atoms. The van der Waals surface area contributed by atoms with Crippen LogP contribution in [0.3, 0.4) is 0 Å². The number of rotatable bonds is 1. The molecule has 1 rings (SSSR count). The second-order valence-electron chi connectivity index (χ2n) is 2.91. The summed E-state index contributed by atoms with van der Waals surface area (Å²) in [5, 5.41) is 8.85. The van der Waals surface area contributed by atoms with E-state index in [-0.39, 0.29) is 5.56 Å². The first-order valence-corrected chi connectivity index (χ1v) is 3.84. The normalized spacial score (nSPS) is 14.1. The van der Waals surface area contributed by atoms with Crippen molar-refractivity contribution >= 4 is 0 Å². The van der Waals surface area contributed by atoms with E-state index in [0.717, 1.165) is 6.07 Å². The molecule has 0 aliphatic carbocycles. The highest BCUT2D eigenvalue weighted by atomic mass is 19.4. The van der Waals surface area contributed by atoms with E-state index < -0.39 is 23.7 Å². The van der Waals surface area contributed by atoms with Crippen LogP contribution in [0.4, 0.5) is 17.6 Å². The summed E-state index contributed by atoms with van der Waals surface area (Å²) < 4.78 is 49.2. The van der Waals surface area contributed by atoms with Gasteiger partial charge in [0.1, 0.15) is 5.82 Å². The Balaban J connectivity index is 3.19. The summed E-state index contributed by atoms with van der Waals surface area (Å²) in [6, 6.07) is 3.49. The Kier molecular flexibility index (Phi) is 2.80. The molecule has 5 heteroatoms. The van der Waals surface area contributed by atoms with Crippen LogP contribution in [0.25, 0.3) is 0 Å². The zero-order valence-electron chi connectivity index (χ0n) is 7.27. The van der Waals surface area contributed by atoms with Crippen LogP contribution in [0.5, 0.6) is 0 Å². The standard InChI is InChI=1S/C9H8F4O/c1-5-3-2-4-6(10)7(5)8(14)9(11,12)13/h2-4,8,14H,1H3/t8-/m1/s1. The molecule has 1 aromatic rings. The molecule has 1 N–H and O–H groups in total. The summed E-state index contributed by atoms with van der Waals surface area (Å²) in [6.45, 7) is 1.31. The number of halogens is 4. The van der Waals surface area contributed by atoms with Gasteiger partial charge in [0.05, 0.1) is 0 Å². The van der Waals surface area contributed by atoms with Gasteiger partial charge in [-0.25, -0.2) is 4.39 Å². The van der Waals surface area contributed by atoms with Crippen LogP contribution < -0.4 is 0 Å². The maximum Gasteiger partial charge on any atom is 0.418 e. The summed E-state index contributed by atoms with van der Waals surface area (Å²) in [5.41, 5.74) is -0.630. The van der Waals surface area contributed by atoms with Crippen molar-refractivity contribution in [1.29, 1.82) is 0 Å². The highest BCUT2D eigenvalue weighted by Gasteiger charge is 2.41. The highest BCUT2D eigenvalue weighted by Crippen LogP contribution is 2.35. The molecule has 1 nitrogen and oxygen atoms in total. The van der Waals surface area contributed by atoms with Crippen LogP contribution in [0.1, 0.15) is 17.2 Å². The van der Waals surface area contributed by atoms with Gasteiger partial charge in [0, 0.05) is 5.56 Å². The fraction of sp³-hybridized carbons (Fsp3) is 0.333. The molecule has 1 atom stereocenters. The second-order valence-corrected chi connectivity index (χ2v) is 2.91. The van der Waals surface area contributed by atoms with Gasteiger partial charge in [-0.2, -0.15) is 13.2 Å². The molecule has 0 aliphatic heterocycles. The van der Waals surface area contributed by atoms with Crippen molar-refractivity contribution in [2.75, 3.05) is 0 Å². The maximum absolute atomic E-state index is 13.0. The summed E-state index contributed by atoms with van der Waals surface area (Å²) >= 11 is 0. The first-order chi connectivity index (χ1) is 6.34. The molecule has 0 radical (unpaired) electrons. The van der Waals surface area contributed by atoms with E-state index in [1.807, 2.05) is 0 Å². The third-order valence-corrected chi connectivity index (χ3v) is 1.85. The first kappa shape index (κ1) is 11.0. The van der Waals surface area contributed by atoms with E-state index in [2.05, 4.69) is 0 Å². The van der Waals surface area contributed by atoms with Gasteiger partial charge >= 0.3 is 6.18 Å². The number of hydrogen-bond donors (Lipinski definition) is 1. The lowest BCUT2D eigenvalue weighted by Crippen LogP contribution is -2.22. The fourth-order valence-electron chi connectivity index (χ4n) is 1.15. The van der Waals surface area contributed by atoms with Crippen LogP contribution >= 0.6 is 0 Å². The van der Waals surface area contributed by atoms with E-state index in [1.165, 1.54) is 19.1 Å². The van der Waals surface area contributed by atoms with Gasteiger partial charge in [0.2, 0.25) is 0 Å². The third kappa shape index (κ3) is 2.04. The molecule has 0 aromatic heterocycles. The summed E-state index contributed by atoms with van der Waals surface area (Å²) in [4.78, 5) is 0. The number of benzene rings is 1. The van der Waals surface area contributed by atoms with Crippen molar-refractivity contribution in [3.05, 3.63) is 35.1 Å². The molecule has 0 heterocycles. The van der Waals surface area contributed by atoms with Crippen molar-refractivity contribution in [1.82, 2.24) is 0 Å². The minimum Gasteiger partial charge on any atom is -0.379 e. The average molecular weight is 208 g/mol. The SMILES string of the molecule is Cc1cccc(F)c1[C@@H](O)C(F)(F)F. The molecule has 1 aromatic carbocycles. The molecular formula is C9H8F4O. The minimum atomic E-state index is -4.84. The van der Waals surface area contributed by atoms with Gasteiger partial charge in [0.25, 0.3) is 0 Å². The zero-order chi connectivity index (χ0) is 10.9. The molecule has 0 saturated carbocycles. The molecule has 0 amide bonds. The van der Waals surface area contributed by atoms with Crippen molar-refractivity contribution in [3.63, 3.8) is 0 Å². The summed E-state index contributed by atoms with van der Waals surface area (Å²) in [6.07, 6.45) is -7.60. The lowest BCUT2D eigenvalue weighted by molar-refractivity contribution is -0.207. The lowest BCUT2D eigenvalue weighted by Gasteiger charge is -2.17. The van der Waals surface area contributed by atoms with Gasteiger partial charge in [-0.1, -0.05) is 12.1 Å². The molecule has 14 heavy (non-hydrogen) atoms. The monoisotopic (exact) mass is 208 g/mol. The predicted octanol–water partition coefficient (Wildman–Crippen LogP) is 2.73. The minimum absolute atomic E-state index is 0.0785. The molecule has 78 valence electrons. The van der Waals surface area contributed by atoms with Crippen LogP contribution in [0.2, 0.25) is 0 Å². The Bertz CT molecular complexity index is 312. The maximum atomic E-state index is 13.0. The number of alkyl halides is 3. The van der Waals surface area contributed by atoms with Crippen molar-refractivity contribution in [2.45, 2.75) is 19.2 Å². The predicted molar refractivity (Wildman–Crippen MR) is 42.2 cm³/mol. The first-order valence-electron chi connectivity index (χ1n) is 3.84. The summed E-state index contributed by atoms with van der Waals surface area (Å²) in [5.74, 6) is -1.05. The van der Waals surface area contributed by atoms with E-state index in [1.54, 1.807) is 0 Å². The Labute approximate surface area is 78.0 Å². The number of aryl methyl sites for hydroxylation is 1. The van der Waals surface area contributed by atoms with Crippen LogP contribution in [-0.4, -0.2) is 11.3 Å². The van der Waals surface area contributed by atoms with Crippen LogP contribution in [0, 0.1) is 12.7 Å². The van der Waals surface area contributed by atoms with Gasteiger partial charge in [-0.3, -0.25) is 0 Å². The smallest absolute Gasteiger partial charge is 0.379 e. The van der Waals surface area contributed by atoms with Gasteiger partial charge in [0.15, 0.2) is 6.10 Å². The van der Waals surface area contributed by atoms with E-state index in [4.69, 9.17) is 5.11 Å². The zero-order valence-corrected chi connectivity index (χ0v) is 7.27. The quantitative estimate of drug-likeness (QED) is 0.703.